The molecule has 1 aromatic carbocycles. The Kier molecular flexibility index (Phi) is 4.71. The summed E-state index contributed by atoms with van der Waals surface area (Å²) in [4.78, 5) is 46.1. The molecule has 3 rings (SSSR count). The van der Waals surface area contributed by atoms with E-state index in [-0.39, 0.29) is 17.9 Å². The fourth-order valence-corrected chi connectivity index (χ4v) is 2.36. The number of ether oxygens (including phenoxy) is 1. The summed E-state index contributed by atoms with van der Waals surface area (Å²) in [6.07, 6.45) is 1.12. The summed E-state index contributed by atoms with van der Waals surface area (Å²) >= 11 is 0. The maximum atomic E-state index is 12.5. The number of hydrazine groups is 1. The number of esters is 1. The van der Waals surface area contributed by atoms with Gasteiger partial charge in [-0.2, -0.15) is 0 Å². The molecule has 0 atom stereocenters. The molecule has 0 saturated carbocycles. The molecule has 1 aliphatic rings. The number of amides is 2. The van der Waals surface area contributed by atoms with Gasteiger partial charge in [0.25, 0.3) is 11.8 Å². The fraction of sp³-hybridized carbons (Fsp3) is 0.118. The second kappa shape index (κ2) is 7.12. The molecule has 0 bridgehead atoms. The topological polar surface area (TPSA) is 132 Å². The molecule has 10 heteroatoms. The SMILES string of the molecule is CCOC(=O)c1ccc(N2NC(=O)C(=Cc3ccc([N+](=O)[O-])o3)C2=O)cc1. The summed E-state index contributed by atoms with van der Waals surface area (Å²) in [6.45, 7) is 1.92. The van der Waals surface area contributed by atoms with Crippen LogP contribution in [0, 0.1) is 10.1 Å². The molecule has 138 valence electrons. The van der Waals surface area contributed by atoms with E-state index in [0.29, 0.717) is 11.3 Å². The van der Waals surface area contributed by atoms with Crippen LogP contribution in [0.25, 0.3) is 6.08 Å². The summed E-state index contributed by atoms with van der Waals surface area (Å²) in [5.74, 6) is -2.35. The van der Waals surface area contributed by atoms with E-state index in [1.54, 1.807) is 6.92 Å². The Balaban J connectivity index is 1.82. The molecular formula is C17H13N3O7. The van der Waals surface area contributed by atoms with Crippen molar-refractivity contribution < 1.29 is 28.5 Å². The number of nitrogens with one attached hydrogen (secondary N) is 1. The van der Waals surface area contributed by atoms with Crippen molar-refractivity contribution in [1.82, 2.24) is 5.43 Å². The maximum absolute atomic E-state index is 12.5. The first-order valence-electron chi connectivity index (χ1n) is 7.79. The summed E-state index contributed by atoms with van der Waals surface area (Å²) in [7, 11) is 0. The first kappa shape index (κ1) is 17.9. The normalized spacial score (nSPS) is 15.1. The van der Waals surface area contributed by atoms with Gasteiger partial charge in [-0.25, -0.2) is 9.80 Å². The predicted octanol–water partition coefficient (Wildman–Crippen LogP) is 1.83. The molecule has 1 N–H and O–H groups in total. The minimum absolute atomic E-state index is 0.000269. The minimum atomic E-state index is -0.726. The van der Waals surface area contributed by atoms with E-state index in [1.165, 1.54) is 30.3 Å². The number of hydrogen-bond acceptors (Lipinski definition) is 7. The number of nitrogens with zero attached hydrogens (tertiary/aromatic N) is 2. The van der Waals surface area contributed by atoms with E-state index in [9.17, 15) is 24.5 Å². The Labute approximate surface area is 152 Å². The lowest BCUT2D eigenvalue weighted by molar-refractivity contribution is -0.402. The van der Waals surface area contributed by atoms with E-state index in [2.05, 4.69) is 5.43 Å². The summed E-state index contributed by atoms with van der Waals surface area (Å²) < 4.78 is 9.81. The van der Waals surface area contributed by atoms with Crippen molar-refractivity contribution in [2.75, 3.05) is 11.6 Å². The predicted molar refractivity (Wildman–Crippen MR) is 91.4 cm³/mol. The highest BCUT2D eigenvalue weighted by atomic mass is 16.6. The van der Waals surface area contributed by atoms with Gasteiger partial charge in [0, 0.05) is 0 Å². The van der Waals surface area contributed by atoms with Crippen LogP contribution in [0.4, 0.5) is 11.6 Å². The van der Waals surface area contributed by atoms with Crippen molar-refractivity contribution in [2.45, 2.75) is 6.92 Å². The van der Waals surface area contributed by atoms with Gasteiger partial charge in [0.15, 0.2) is 0 Å². The van der Waals surface area contributed by atoms with Crippen molar-refractivity contribution >= 4 is 35.4 Å². The molecule has 2 heterocycles. The molecule has 10 nitrogen and oxygen atoms in total. The number of carbonyl (C=O) groups excluding carboxylic acids is 3. The van der Waals surface area contributed by atoms with Crippen LogP contribution in [0.1, 0.15) is 23.0 Å². The maximum Gasteiger partial charge on any atom is 0.433 e. The fourth-order valence-electron chi connectivity index (χ4n) is 2.36. The van der Waals surface area contributed by atoms with Crippen LogP contribution in [0.15, 0.2) is 46.4 Å². The van der Waals surface area contributed by atoms with Crippen LogP contribution in [0.2, 0.25) is 0 Å². The van der Waals surface area contributed by atoms with Crippen LogP contribution in [-0.2, 0) is 14.3 Å². The second-order valence-electron chi connectivity index (χ2n) is 5.34. The summed E-state index contributed by atoms with van der Waals surface area (Å²) in [6, 6.07) is 8.28. The lowest BCUT2D eigenvalue weighted by Gasteiger charge is -2.14. The Bertz CT molecular complexity index is 959. The average Bonchev–Trinajstić information content (AvgIpc) is 3.23. The van der Waals surface area contributed by atoms with E-state index in [4.69, 9.17) is 9.15 Å². The Morgan fingerprint density at radius 2 is 1.96 bits per heavy atom. The monoisotopic (exact) mass is 371 g/mol. The molecule has 0 radical (unpaired) electrons. The van der Waals surface area contributed by atoms with Crippen molar-refractivity contribution in [1.29, 1.82) is 0 Å². The van der Waals surface area contributed by atoms with Gasteiger partial charge in [0.2, 0.25) is 0 Å². The first-order valence-corrected chi connectivity index (χ1v) is 7.79. The van der Waals surface area contributed by atoms with Gasteiger partial charge in [-0.3, -0.25) is 25.1 Å². The molecule has 2 aromatic rings. The number of rotatable bonds is 5. The van der Waals surface area contributed by atoms with Gasteiger partial charge in [-0.05, 0) is 43.3 Å². The minimum Gasteiger partial charge on any atom is -0.462 e. The smallest absolute Gasteiger partial charge is 0.433 e. The van der Waals surface area contributed by atoms with Crippen LogP contribution in [0.5, 0.6) is 0 Å². The molecule has 0 spiro atoms. The van der Waals surface area contributed by atoms with E-state index < -0.39 is 28.6 Å². The van der Waals surface area contributed by atoms with Crippen LogP contribution >= 0.6 is 0 Å². The molecule has 1 aromatic heterocycles. The van der Waals surface area contributed by atoms with Crippen LogP contribution in [0.3, 0.4) is 0 Å². The zero-order chi connectivity index (χ0) is 19.6. The Morgan fingerprint density at radius 1 is 1.26 bits per heavy atom. The zero-order valence-electron chi connectivity index (χ0n) is 14.0. The number of carbonyl (C=O) groups is 3. The van der Waals surface area contributed by atoms with E-state index in [0.717, 1.165) is 17.2 Å². The number of hydrogen-bond donors (Lipinski definition) is 1. The van der Waals surface area contributed by atoms with Gasteiger partial charge in [-0.15, -0.1) is 0 Å². The highest BCUT2D eigenvalue weighted by molar-refractivity contribution is 6.31. The Morgan fingerprint density at radius 3 is 2.56 bits per heavy atom. The third-order valence-corrected chi connectivity index (χ3v) is 3.61. The highest BCUT2D eigenvalue weighted by Crippen LogP contribution is 2.24. The largest absolute Gasteiger partial charge is 0.462 e. The quantitative estimate of drug-likeness (QED) is 0.279. The lowest BCUT2D eigenvalue weighted by atomic mass is 10.2. The highest BCUT2D eigenvalue weighted by Gasteiger charge is 2.35. The van der Waals surface area contributed by atoms with Crippen LogP contribution in [-0.4, -0.2) is 29.3 Å². The molecule has 27 heavy (non-hydrogen) atoms. The van der Waals surface area contributed by atoms with E-state index in [1.807, 2.05) is 0 Å². The number of benzene rings is 1. The van der Waals surface area contributed by atoms with Gasteiger partial charge in [-0.1, -0.05) is 0 Å². The molecular weight excluding hydrogens is 358 g/mol. The Hall–Kier alpha value is -3.95. The first-order chi connectivity index (χ1) is 12.9. The van der Waals surface area contributed by atoms with Crippen molar-refractivity contribution in [2.24, 2.45) is 0 Å². The standard InChI is InChI=1S/C17H13N3O7/c1-2-26-17(23)10-3-5-11(6-4-10)19-16(22)13(15(21)18-19)9-12-7-8-14(27-12)20(24)25/h3-9H,2H2,1H3,(H,18,21). The molecule has 1 fully saturated rings. The second-order valence-corrected chi connectivity index (χ2v) is 5.34. The third kappa shape index (κ3) is 3.54. The number of nitro groups is 1. The summed E-state index contributed by atoms with van der Waals surface area (Å²) in [5, 5.41) is 11.6. The van der Waals surface area contributed by atoms with Crippen molar-refractivity contribution in [3.63, 3.8) is 0 Å². The molecule has 0 unspecified atom stereocenters. The molecule has 2 amide bonds. The van der Waals surface area contributed by atoms with Crippen molar-refractivity contribution in [3.05, 3.63) is 63.4 Å². The van der Waals surface area contributed by atoms with Crippen LogP contribution < -0.4 is 10.4 Å². The van der Waals surface area contributed by atoms with Gasteiger partial charge >= 0.3 is 11.9 Å². The van der Waals surface area contributed by atoms with Gasteiger partial charge in [0.1, 0.15) is 16.3 Å². The molecule has 1 aliphatic heterocycles. The molecule has 1 saturated heterocycles. The average molecular weight is 371 g/mol. The van der Waals surface area contributed by atoms with E-state index >= 15 is 0 Å². The number of furan rings is 1. The molecule has 0 aliphatic carbocycles. The summed E-state index contributed by atoms with van der Waals surface area (Å²) in [5.41, 5.74) is 2.77. The van der Waals surface area contributed by atoms with Gasteiger partial charge in [0.05, 0.1) is 23.9 Å². The third-order valence-electron chi connectivity index (χ3n) is 3.61. The van der Waals surface area contributed by atoms with Gasteiger partial charge < -0.3 is 9.15 Å². The lowest BCUT2D eigenvalue weighted by Crippen LogP contribution is -2.35. The zero-order valence-corrected chi connectivity index (χ0v) is 14.0. The number of anilines is 1. The van der Waals surface area contributed by atoms with Crippen molar-refractivity contribution in [3.8, 4) is 0 Å².